The molecule has 2 aromatic carbocycles. The van der Waals surface area contributed by atoms with Crippen LogP contribution in [0.2, 0.25) is 0 Å². The molecule has 2 aromatic rings. The van der Waals surface area contributed by atoms with E-state index in [1.165, 1.54) is 6.92 Å². The number of carbonyl (C=O) groups excluding carboxylic acids is 2. The van der Waals surface area contributed by atoms with Crippen LogP contribution in [0.5, 0.6) is 0 Å². The maximum atomic E-state index is 13.7. The van der Waals surface area contributed by atoms with Gasteiger partial charge in [0.1, 0.15) is 17.2 Å². The number of carbonyl (C=O) groups is 2. The standard InChI is InChI=1S/C19H17F2NO3/c1-11-10-13-6-3-4-9-16(13)22(11)18(23)12(2)25-19(24)17-14(20)7-5-8-15(17)21/h3-9,11-12H,10H2,1-2H3/t11-,12-/m1/s1. The average molecular weight is 345 g/mol. The first-order chi connectivity index (χ1) is 11.9. The Labute approximate surface area is 144 Å². The summed E-state index contributed by atoms with van der Waals surface area (Å²) >= 11 is 0. The van der Waals surface area contributed by atoms with Crippen molar-refractivity contribution >= 4 is 17.6 Å². The zero-order valence-electron chi connectivity index (χ0n) is 13.8. The van der Waals surface area contributed by atoms with E-state index in [4.69, 9.17) is 4.74 Å². The van der Waals surface area contributed by atoms with Gasteiger partial charge >= 0.3 is 5.97 Å². The highest BCUT2D eigenvalue weighted by Gasteiger charge is 2.35. The van der Waals surface area contributed by atoms with Gasteiger partial charge in [-0.05, 0) is 44.0 Å². The molecule has 1 aliphatic heterocycles. The number of rotatable bonds is 3. The molecule has 0 radical (unpaired) electrons. The largest absolute Gasteiger partial charge is 0.449 e. The molecule has 2 atom stereocenters. The molecule has 3 rings (SSSR count). The fraction of sp³-hybridized carbons (Fsp3) is 0.263. The monoisotopic (exact) mass is 345 g/mol. The predicted octanol–water partition coefficient (Wildman–Crippen LogP) is 3.49. The number of nitrogens with zero attached hydrogens (tertiary/aromatic N) is 1. The molecule has 25 heavy (non-hydrogen) atoms. The molecule has 0 saturated heterocycles. The topological polar surface area (TPSA) is 46.6 Å². The van der Waals surface area contributed by atoms with E-state index < -0.39 is 35.2 Å². The summed E-state index contributed by atoms with van der Waals surface area (Å²) < 4.78 is 32.4. The third kappa shape index (κ3) is 3.12. The molecule has 0 aromatic heterocycles. The van der Waals surface area contributed by atoms with Crippen LogP contribution >= 0.6 is 0 Å². The Morgan fingerprint density at radius 1 is 1.12 bits per heavy atom. The van der Waals surface area contributed by atoms with E-state index in [2.05, 4.69) is 0 Å². The van der Waals surface area contributed by atoms with E-state index in [0.29, 0.717) is 6.42 Å². The summed E-state index contributed by atoms with van der Waals surface area (Å²) in [6.07, 6.45) is -0.468. The lowest BCUT2D eigenvalue weighted by Crippen LogP contribution is -2.43. The van der Waals surface area contributed by atoms with Crippen LogP contribution in [0.25, 0.3) is 0 Å². The molecule has 0 aliphatic carbocycles. The van der Waals surface area contributed by atoms with Gasteiger partial charge in [0.05, 0.1) is 0 Å². The molecular formula is C19H17F2NO3. The number of hydrogen-bond acceptors (Lipinski definition) is 3. The molecule has 0 saturated carbocycles. The van der Waals surface area contributed by atoms with Gasteiger partial charge in [0.25, 0.3) is 5.91 Å². The number of anilines is 1. The van der Waals surface area contributed by atoms with Crippen molar-refractivity contribution in [2.75, 3.05) is 4.90 Å². The number of fused-ring (bicyclic) bond motifs is 1. The molecule has 1 aliphatic rings. The van der Waals surface area contributed by atoms with Crippen molar-refractivity contribution in [2.45, 2.75) is 32.4 Å². The zero-order chi connectivity index (χ0) is 18.1. The van der Waals surface area contributed by atoms with Gasteiger partial charge in [-0.1, -0.05) is 24.3 Å². The fourth-order valence-corrected chi connectivity index (χ4v) is 3.06. The lowest BCUT2D eigenvalue weighted by atomic mass is 10.1. The van der Waals surface area contributed by atoms with E-state index in [1.807, 2.05) is 31.2 Å². The number of ether oxygens (including phenoxy) is 1. The molecule has 0 bridgehead atoms. The predicted molar refractivity (Wildman–Crippen MR) is 88.3 cm³/mol. The highest BCUT2D eigenvalue weighted by molar-refractivity contribution is 6.01. The maximum absolute atomic E-state index is 13.7. The van der Waals surface area contributed by atoms with E-state index >= 15 is 0 Å². The van der Waals surface area contributed by atoms with E-state index in [1.54, 1.807) is 4.90 Å². The van der Waals surface area contributed by atoms with Gasteiger partial charge < -0.3 is 9.64 Å². The second-order valence-corrected chi connectivity index (χ2v) is 6.03. The van der Waals surface area contributed by atoms with Gasteiger partial charge in [-0.25, -0.2) is 13.6 Å². The first-order valence-corrected chi connectivity index (χ1v) is 7.96. The lowest BCUT2D eigenvalue weighted by Gasteiger charge is -2.26. The van der Waals surface area contributed by atoms with Crippen LogP contribution in [0.4, 0.5) is 14.5 Å². The third-order valence-electron chi connectivity index (χ3n) is 4.24. The molecule has 1 heterocycles. The Hall–Kier alpha value is -2.76. The molecule has 6 heteroatoms. The zero-order valence-corrected chi connectivity index (χ0v) is 13.8. The number of esters is 1. The number of halogens is 2. The molecule has 0 fully saturated rings. The lowest BCUT2D eigenvalue weighted by molar-refractivity contribution is -0.126. The molecular weight excluding hydrogens is 328 g/mol. The highest BCUT2D eigenvalue weighted by Crippen LogP contribution is 2.32. The molecule has 0 unspecified atom stereocenters. The van der Waals surface area contributed by atoms with E-state index in [9.17, 15) is 18.4 Å². The van der Waals surface area contributed by atoms with Crippen LogP contribution in [0.15, 0.2) is 42.5 Å². The SMILES string of the molecule is C[C@@H]1Cc2ccccc2N1C(=O)[C@@H](C)OC(=O)c1c(F)cccc1F. The molecule has 0 spiro atoms. The van der Waals surface area contributed by atoms with Gasteiger partial charge in [0.2, 0.25) is 0 Å². The van der Waals surface area contributed by atoms with E-state index in [0.717, 1.165) is 29.4 Å². The van der Waals surface area contributed by atoms with Crippen LogP contribution in [-0.4, -0.2) is 24.0 Å². The Bertz CT molecular complexity index is 817. The molecule has 130 valence electrons. The summed E-state index contributed by atoms with van der Waals surface area (Å²) in [4.78, 5) is 26.3. The minimum absolute atomic E-state index is 0.0868. The molecule has 1 amide bonds. The summed E-state index contributed by atoms with van der Waals surface area (Å²) in [5.74, 6) is -3.67. The van der Waals surface area contributed by atoms with Gasteiger partial charge in [-0.3, -0.25) is 4.79 Å². The fourth-order valence-electron chi connectivity index (χ4n) is 3.06. The Balaban J connectivity index is 1.79. The van der Waals surface area contributed by atoms with Crippen molar-refractivity contribution in [3.63, 3.8) is 0 Å². The summed E-state index contributed by atoms with van der Waals surface area (Å²) in [6.45, 7) is 3.29. The van der Waals surface area contributed by atoms with Crippen LogP contribution in [0.3, 0.4) is 0 Å². The van der Waals surface area contributed by atoms with Crippen molar-refractivity contribution in [2.24, 2.45) is 0 Å². The summed E-state index contributed by atoms with van der Waals surface area (Å²) in [5, 5.41) is 0. The van der Waals surface area contributed by atoms with Crippen molar-refractivity contribution in [3.8, 4) is 0 Å². The Kier molecular flexibility index (Phi) is 4.53. The quantitative estimate of drug-likeness (QED) is 0.800. The van der Waals surface area contributed by atoms with Gasteiger partial charge in [0, 0.05) is 11.7 Å². The molecule has 4 nitrogen and oxygen atoms in total. The van der Waals surface area contributed by atoms with Crippen molar-refractivity contribution in [1.29, 1.82) is 0 Å². The minimum atomic E-state index is -1.20. The summed E-state index contributed by atoms with van der Waals surface area (Å²) in [5.41, 5.74) is 0.999. The van der Waals surface area contributed by atoms with Gasteiger partial charge in [-0.2, -0.15) is 0 Å². The first kappa shape index (κ1) is 17.1. The van der Waals surface area contributed by atoms with Gasteiger partial charge in [0.15, 0.2) is 6.10 Å². The Morgan fingerprint density at radius 3 is 2.44 bits per heavy atom. The summed E-state index contributed by atoms with van der Waals surface area (Å²) in [6, 6.07) is 10.5. The minimum Gasteiger partial charge on any atom is -0.449 e. The number of para-hydroxylation sites is 1. The van der Waals surface area contributed by atoms with E-state index in [-0.39, 0.29) is 6.04 Å². The van der Waals surface area contributed by atoms with Crippen molar-refractivity contribution in [1.82, 2.24) is 0 Å². The molecule has 0 N–H and O–H groups in total. The third-order valence-corrected chi connectivity index (χ3v) is 4.24. The number of amides is 1. The maximum Gasteiger partial charge on any atom is 0.344 e. The smallest absolute Gasteiger partial charge is 0.344 e. The number of benzene rings is 2. The Morgan fingerprint density at radius 2 is 1.76 bits per heavy atom. The van der Waals surface area contributed by atoms with Crippen LogP contribution < -0.4 is 4.90 Å². The van der Waals surface area contributed by atoms with Crippen LogP contribution in [0, 0.1) is 11.6 Å². The normalized spacial score (nSPS) is 17.1. The first-order valence-electron chi connectivity index (χ1n) is 7.96. The highest BCUT2D eigenvalue weighted by atomic mass is 19.1. The summed E-state index contributed by atoms with van der Waals surface area (Å²) in [7, 11) is 0. The second kappa shape index (κ2) is 6.63. The average Bonchev–Trinajstić information content (AvgIpc) is 2.89. The van der Waals surface area contributed by atoms with Crippen LogP contribution in [-0.2, 0) is 16.0 Å². The van der Waals surface area contributed by atoms with Crippen LogP contribution in [0.1, 0.15) is 29.8 Å². The second-order valence-electron chi connectivity index (χ2n) is 6.03. The van der Waals surface area contributed by atoms with Crippen molar-refractivity contribution in [3.05, 3.63) is 65.2 Å². The van der Waals surface area contributed by atoms with Gasteiger partial charge in [-0.15, -0.1) is 0 Å². The van der Waals surface area contributed by atoms with Crippen molar-refractivity contribution < 1.29 is 23.1 Å². The number of hydrogen-bond donors (Lipinski definition) is 0.